The Morgan fingerprint density at radius 1 is 1.06 bits per heavy atom. The highest BCUT2D eigenvalue weighted by molar-refractivity contribution is 6.31. The zero-order chi connectivity index (χ0) is 12.5. The van der Waals surface area contributed by atoms with Crippen LogP contribution in [0.15, 0.2) is 54.7 Å². The summed E-state index contributed by atoms with van der Waals surface area (Å²) in [5.74, 6) is 0. The highest BCUT2D eigenvalue weighted by Crippen LogP contribution is 2.27. The summed E-state index contributed by atoms with van der Waals surface area (Å²) in [6.45, 7) is 0. The van der Waals surface area contributed by atoms with E-state index in [-0.39, 0.29) is 0 Å². The van der Waals surface area contributed by atoms with Gasteiger partial charge in [0, 0.05) is 21.8 Å². The number of nitrogens with zero attached hydrogens (tertiary/aromatic N) is 2. The van der Waals surface area contributed by atoms with Crippen molar-refractivity contribution in [3.05, 3.63) is 65.0 Å². The van der Waals surface area contributed by atoms with Gasteiger partial charge in [-0.2, -0.15) is 0 Å². The lowest BCUT2D eigenvalue weighted by Crippen LogP contribution is -2.31. The summed E-state index contributed by atoms with van der Waals surface area (Å²) >= 11 is 6.00. The summed E-state index contributed by atoms with van der Waals surface area (Å²) in [4.78, 5) is 0.609. The van der Waals surface area contributed by atoms with Crippen LogP contribution >= 0.6 is 11.6 Å². The van der Waals surface area contributed by atoms with Crippen LogP contribution in [0.3, 0.4) is 0 Å². The SMILES string of the molecule is [O-][n+]1ncc(-c2ccccc2)c2cc(Cl)ccc21. The van der Waals surface area contributed by atoms with Crippen LogP contribution in [0.1, 0.15) is 0 Å². The second kappa shape index (κ2) is 4.27. The molecule has 0 aliphatic carbocycles. The zero-order valence-corrected chi connectivity index (χ0v) is 10.1. The van der Waals surface area contributed by atoms with Gasteiger partial charge in [0.1, 0.15) is 6.20 Å². The molecule has 0 spiro atoms. The maximum absolute atomic E-state index is 11.6. The van der Waals surface area contributed by atoms with Crippen LogP contribution in [-0.4, -0.2) is 5.10 Å². The number of hydrogen-bond donors (Lipinski definition) is 0. The lowest BCUT2D eigenvalue weighted by molar-refractivity contribution is -0.642. The lowest BCUT2D eigenvalue weighted by Gasteiger charge is -2.05. The van der Waals surface area contributed by atoms with Crippen LogP contribution in [0.4, 0.5) is 0 Å². The molecule has 0 aliphatic rings. The van der Waals surface area contributed by atoms with Crippen molar-refractivity contribution >= 4 is 22.5 Å². The Morgan fingerprint density at radius 3 is 2.61 bits per heavy atom. The maximum Gasteiger partial charge on any atom is 0.252 e. The molecular formula is C14H9ClN2O. The van der Waals surface area contributed by atoms with E-state index in [0.29, 0.717) is 15.4 Å². The van der Waals surface area contributed by atoms with E-state index in [4.69, 9.17) is 11.6 Å². The third-order valence-corrected chi connectivity index (χ3v) is 3.07. The highest BCUT2D eigenvalue weighted by Gasteiger charge is 2.12. The molecule has 0 atom stereocenters. The second-order valence-electron chi connectivity index (χ2n) is 3.96. The van der Waals surface area contributed by atoms with Gasteiger partial charge in [0.15, 0.2) is 0 Å². The number of halogens is 1. The normalized spacial score (nSPS) is 10.7. The first kappa shape index (κ1) is 11.0. The van der Waals surface area contributed by atoms with Crippen molar-refractivity contribution in [1.29, 1.82) is 0 Å². The molecule has 0 saturated heterocycles. The van der Waals surface area contributed by atoms with E-state index in [0.717, 1.165) is 16.5 Å². The van der Waals surface area contributed by atoms with Gasteiger partial charge in [0.05, 0.1) is 5.39 Å². The fourth-order valence-corrected chi connectivity index (χ4v) is 2.15. The molecule has 0 aliphatic heterocycles. The molecule has 1 aromatic heterocycles. The molecule has 1 heterocycles. The van der Waals surface area contributed by atoms with Crippen molar-refractivity contribution in [2.45, 2.75) is 0 Å². The molecule has 3 nitrogen and oxygen atoms in total. The molecule has 3 rings (SSSR count). The van der Waals surface area contributed by atoms with E-state index in [1.807, 2.05) is 30.3 Å². The summed E-state index contributed by atoms with van der Waals surface area (Å²) in [5.41, 5.74) is 2.43. The van der Waals surface area contributed by atoms with Crippen molar-refractivity contribution in [2.24, 2.45) is 0 Å². The van der Waals surface area contributed by atoms with E-state index in [2.05, 4.69) is 5.10 Å². The smallest absolute Gasteiger partial charge is 0.252 e. The molecule has 4 heteroatoms. The molecule has 3 aromatic rings. The number of fused-ring (bicyclic) bond motifs is 1. The van der Waals surface area contributed by atoms with Gasteiger partial charge in [-0.15, -0.1) is 0 Å². The first-order valence-corrected chi connectivity index (χ1v) is 5.87. The third-order valence-electron chi connectivity index (χ3n) is 2.83. The van der Waals surface area contributed by atoms with Gasteiger partial charge in [-0.25, -0.2) is 0 Å². The van der Waals surface area contributed by atoms with Gasteiger partial charge in [-0.1, -0.05) is 46.8 Å². The summed E-state index contributed by atoms with van der Waals surface area (Å²) in [6.07, 6.45) is 1.57. The van der Waals surface area contributed by atoms with E-state index < -0.39 is 0 Å². The minimum Gasteiger partial charge on any atom is -0.594 e. The van der Waals surface area contributed by atoms with Crippen LogP contribution in [-0.2, 0) is 0 Å². The van der Waals surface area contributed by atoms with Gasteiger partial charge in [-0.05, 0) is 17.7 Å². The van der Waals surface area contributed by atoms with Gasteiger partial charge < -0.3 is 5.21 Å². The zero-order valence-electron chi connectivity index (χ0n) is 9.38. The largest absolute Gasteiger partial charge is 0.594 e. The predicted molar refractivity (Wildman–Crippen MR) is 71.1 cm³/mol. The van der Waals surface area contributed by atoms with E-state index in [9.17, 15) is 5.21 Å². The minimum absolute atomic E-state index is 0.515. The summed E-state index contributed by atoms with van der Waals surface area (Å²) < 4.78 is 0. The molecule has 0 amide bonds. The van der Waals surface area contributed by atoms with E-state index in [1.54, 1.807) is 24.4 Å². The summed E-state index contributed by atoms with van der Waals surface area (Å²) in [5, 5.41) is 16.9. The Labute approximate surface area is 109 Å². The Hall–Kier alpha value is -2.13. The molecule has 0 unspecified atom stereocenters. The fraction of sp³-hybridized carbons (Fsp3) is 0. The average Bonchev–Trinajstić information content (AvgIpc) is 2.40. The Morgan fingerprint density at radius 2 is 1.83 bits per heavy atom. The van der Waals surface area contributed by atoms with Gasteiger partial charge in [-0.3, -0.25) is 0 Å². The molecule has 2 aromatic carbocycles. The number of benzene rings is 2. The minimum atomic E-state index is 0.515. The van der Waals surface area contributed by atoms with Crippen molar-refractivity contribution in [2.75, 3.05) is 0 Å². The monoisotopic (exact) mass is 256 g/mol. The van der Waals surface area contributed by atoms with Crippen LogP contribution in [0.2, 0.25) is 5.02 Å². The average molecular weight is 257 g/mol. The first-order valence-electron chi connectivity index (χ1n) is 5.49. The van der Waals surface area contributed by atoms with Crippen molar-refractivity contribution < 1.29 is 4.85 Å². The molecule has 0 radical (unpaired) electrons. The van der Waals surface area contributed by atoms with Crippen LogP contribution in [0.5, 0.6) is 0 Å². The van der Waals surface area contributed by atoms with E-state index >= 15 is 0 Å². The molecule has 0 saturated carbocycles. The predicted octanol–water partition coefficient (Wildman–Crippen LogP) is 3.19. The number of hydrogen-bond acceptors (Lipinski definition) is 2. The molecular weight excluding hydrogens is 248 g/mol. The first-order chi connectivity index (χ1) is 8.75. The Kier molecular flexibility index (Phi) is 2.61. The molecule has 18 heavy (non-hydrogen) atoms. The van der Waals surface area contributed by atoms with Gasteiger partial charge in [0.25, 0.3) is 5.52 Å². The maximum atomic E-state index is 11.6. The van der Waals surface area contributed by atoms with Crippen molar-refractivity contribution in [3.8, 4) is 11.1 Å². The topological polar surface area (TPSA) is 39.8 Å². The second-order valence-corrected chi connectivity index (χ2v) is 4.40. The van der Waals surface area contributed by atoms with E-state index in [1.165, 1.54) is 0 Å². The molecule has 0 N–H and O–H groups in total. The number of aromatic nitrogens is 2. The quantitative estimate of drug-likeness (QED) is 0.496. The van der Waals surface area contributed by atoms with Crippen molar-refractivity contribution in [1.82, 2.24) is 5.10 Å². The van der Waals surface area contributed by atoms with Crippen molar-refractivity contribution in [3.63, 3.8) is 0 Å². The van der Waals surface area contributed by atoms with Crippen LogP contribution in [0.25, 0.3) is 22.0 Å². The highest BCUT2D eigenvalue weighted by atomic mass is 35.5. The summed E-state index contributed by atoms with van der Waals surface area (Å²) in [6, 6.07) is 15.0. The Bertz CT molecular complexity index is 714. The molecule has 0 bridgehead atoms. The third kappa shape index (κ3) is 1.79. The van der Waals surface area contributed by atoms with Gasteiger partial charge in [0.2, 0.25) is 0 Å². The lowest BCUT2D eigenvalue weighted by atomic mass is 10.0. The fourth-order valence-electron chi connectivity index (χ4n) is 1.98. The summed E-state index contributed by atoms with van der Waals surface area (Å²) in [7, 11) is 0. The molecule has 88 valence electrons. The van der Waals surface area contributed by atoms with Crippen LogP contribution < -0.4 is 4.85 Å². The standard InChI is InChI=1S/C14H9ClN2O/c15-11-6-7-14-12(8-11)13(9-16-17(14)18)10-4-2-1-3-5-10/h1-9H. The molecule has 0 fully saturated rings. The van der Waals surface area contributed by atoms with Gasteiger partial charge >= 0.3 is 0 Å². The Balaban J connectivity index is 2.37. The van der Waals surface area contributed by atoms with Crippen LogP contribution in [0, 0.1) is 5.21 Å². The number of rotatable bonds is 1.